The number of nitrogens with one attached hydrogen (secondary N) is 1. The molecule has 4 nitrogen and oxygen atoms in total. The lowest BCUT2D eigenvalue weighted by molar-refractivity contribution is -0.274. The average Bonchev–Trinajstić information content (AvgIpc) is 2.52. The van der Waals surface area contributed by atoms with Crippen LogP contribution in [0.2, 0.25) is 0 Å². The highest BCUT2D eigenvalue weighted by Gasteiger charge is 2.32. The molecule has 0 spiro atoms. The van der Waals surface area contributed by atoms with Crippen LogP contribution in [0.3, 0.4) is 0 Å². The zero-order valence-corrected chi connectivity index (χ0v) is 15.5. The Morgan fingerprint density at radius 1 is 1.28 bits per heavy atom. The van der Waals surface area contributed by atoms with E-state index in [0.29, 0.717) is 17.7 Å². The molecule has 1 atom stereocenters. The van der Waals surface area contributed by atoms with Gasteiger partial charge >= 0.3 is 6.36 Å². The molecule has 1 saturated heterocycles. The molecule has 0 aromatic heterocycles. The largest absolute Gasteiger partial charge is 0.573 e. The Labute approximate surface area is 158 Å². The van der Waals surface area contributed by atoms with E-state index < -0.39 is 6.36 Å². The van der Waals surface area contributed by atoms with Gasteiger partial charge in [0.25, 0.3) is 0 Å². The minimum Gasteiger partial charge on any atom is -0.496 e. The fourth-order valence-electron chi connectivity index (χ4n) is 2.79. The van der Waals surface area contributed by atoms with Crippen molar-refractivity contribution in [2.45, 2.75) is 18.8 Å². The Morgan fingerprint density at radius 2 is 1.92 bits per heavy atom. The highest BCUT2D eigenvalue weighted by Crippen LogP contribution is 2.36. The molecule has 144 valence electrons. The van der Waals surface area contributed by atoms with Crippen molar-refractivity contribution in [1.82, 2.24) is 10.2 Å². The Morgan fingerprint density at radius 3 is 2.44 bits per heavy atom. The summed E-state index contributed by atoms with van der Waals surface area (Å²) in [5.41, 5.74) is 0.677. The zero-order valence-electron chi connectivity index (χ0n) is 13.8. The van der Waals surface area contributed by atoms with E-state index in [9.17, 15) is 13.2 Å². The van der Waals surface area contributed by atoms with Gasteiger partial charge in [-0.25, -0.2) is 0 Å². The summed E-state index contributed by atoms with van der Waals surface area (Å²) >= 11 is 0. The summed E-state index contributed by atoms with van der Waals surface area (Å²) in [6.45, 7) is 7.07. The Hall–Kier alpha value is -1.15. The quantitative estimate of drug-likeness (QED) is 0.730. The maximum absolute atomic E-state index is 12.5. The van der Waals surface area contributed by atoms with Gasteiger partial charge in [0.1, 0.15) is 11.5 Å². The molecular weight excluding hydrogens is 380 g/mol. The lowest BCUT2D eigenvalue weighted by atomic mass is 9.99. The van der Waals surface area contributed by atoms with Crippen molar-refractivity contribution >= 4 is 24.8 Å². The highest BCUT2D eigenvalue weighted by atomic mass is 35.5. The zero-order chi connectivity index (χ0) is 16.9. The molecule has 1 aromatic carbocycles. The molecule has 0 unspecified atom stereocenters. The van der Waals surface area contributed by atoms with Gasteiger partial charge < -0.3 is 14.8 Å². The van der Waals surface area contributed by atoms with Gasteiger partial charge in [0, 0.05) is 37.8 Å². The molecule has 1 heterocycles. The van der Waals surface area contributed by atoms with Crippen LogP contribution in [-0.2, 0) is 0 Å². The molecule has 1 aromatic rings. The van der Waals surface area contributed by atoms with Crippen LogP contribution in [-0.4, -0.2) is 44.6 Å². The predicted octanol–water partition coefficient (Wildman–Crippen LogP) is 3.96. The average molecular weight is 403 g/mol. The second-order valence-electron chi connectivity index (χ2n) is 5.28. The van der Waals surface area contributed by atoms with Crippen molar-refractivity contribution in [3.63, 3.8) is 0 Å². The third-order valence-electron chi connectivity index (χ3n) is 3.78. The lowest BCUT2D eigenvalue weighted by Crippen LogP contribution is -2.45. The van der Waals surface area contributed by atoms with E-state index in [1.165, 1.54) is 25.3 Å². The first kappa shape index (κ1) is 23.9. The normalized spacial score (nSPS) is 16.2. The first-order valence-electron chi connectivity index (χ1n) is 7.44. The number of piperazine rings is 1. The molecule has 25 heavy (non-hydrogen) atoms. The first-order valence-corrected chi connectivity index (χ1v) is 7.44. The number of ether oxygens (including phenoxy) is 2. The summed E-state index contributed by atoms with van der Waals surface area (Å²) in [6.07, 6.45) is -2.33. The predicted molar refractivity (Wildman–Crippen MR) is 96.2 cm³/mol. The van der Waals surface area contributed by atoms with E-state index in [4.69, 9.17) is 4.74 Å². The number of hydrogen-bond acceptors (Lipinski definition) is 4. The maximum Gasteiger partial charge on any atom is 0.573 e. The van der Waals surface area contributed by atoms with Crippen LogP contribution in [0.25, 0.3) is 0 Å². The number of alkyl halides is 3. The maximum atomic E-state index is 12.5. The molecule has 0 radical (unpaired) electrons. The smallest absolute Gasteiger partial charge is 0.496 e. The van der Waals surface area contributed by atoms with Crippen molar-refractivity contribution < 1.29 is 22.6 Å². The third-order valence-corrected chi connectivity index (χ3v) is 3.78. The summed E-state index contributed by atoms with van der Waals surface area (Å²) in [6, 6.07) is 4.08. The lowest BCUT2D eigenvalue weighted by Gasteiger charge is -2.35. The molecule has 0 aliphatic carbocycles. The molecule has 0 bridgehead atoms. The van der Waals surface area contributed by atoms with E-state index >= 15 is 0 Å². The molecule has 0 amide bonds. The van der Waals surface area contributed by atoms with Gasteiger partial charge in [0.05, 0.1) is 7.11 Å². The van der Waals surface area contributed by atoms with Gasteiger partial charge in [-0.3, -0.25) is 4.90 Å². The number of benzene rings is 1. The van der Waals surface area contributed by atoms with E-state index in [0.717, 1.165) is 26.2 Å². The Balaban J connectivity index is 0.00000288. The van der Waals surface area contributed by atoms with Crippen molar-refractivity contribution in [3.05, 3.63) is 36.4 Å². The Bertz CT molecular complexity index is 539. The number of hydrogen-bond donors (Lipinski definition) is 1. The van der Waals surface area contributed by atoms with Gasteiger partial charge in [-0.1, -0.05) is 6.08 Å². The van der Waals surface area contributed by atoms with E-state index in [1.807, 2.05) is 0 Å². The van der Waals surface area contributed by atoms with Crippen LogP contribution in [0.4, 0.5) is 13.2 Å². The summed E-state index contributed by atoms with van der Waals surface area (Å²) in [7, 11) is 1.51. The highest BCUT2D eigenvalue weighted by molar-refractivity contribution is 5.85. The van der Waals surface area contributed by atoms with Gasteiger partial charge in [0.2, 0.25) is 0 Å². The number of nitrogens with zero attached hydrogens (tertiary/aromatic N) is 1. The second-order valence-corrected chi connectivity index (χ2v) is 5.28. The molecule has 9 heteroatoms. The fourth-order valence-corrected chi connectivity index (χ4v) is 2.79. The van der Waals surface area contributed by atoms with Gasteiger partial charge in [-0.15, -0.1) is 44.6 Å². The second kappa shape index (κ2) is 10.8. The van der Waals surface area contributed by atoms with Crippen LogP contribution in [0, 0.1) is 0 Å². The topological polar surface area (TPSA) is 33.7 Å². The Kier molecular flexibility index (Phi) is 10.3. The number of methoxy groups -OCH3 is 1. The first-order chi connectivity index (χ1) is 10.9. The third kappa shape index (κ3) is 6.93. The van der Waals surface area contributed by atoms with Crippen LogP contribution in [0.1, 0.15) is 18.0 Å². The van der Waals surface area contributed by atoms with Gasteiger partial charge in [-0.2, -0.15) is 0 Å². The van der Waals surface area contributed by atoms with Crippen LogP contribution >= 0.6 is 24.8 Å². The number of halogens is 5. The van der Waals surface area contributed by atoms with Crippen LogP contribution in [0.5, 0.6) is 11.5 Å². The molecular formula is C16H23Cl2F3N2O2. The molecule has 2 rings (SSSR count). The standard InChI is InChI=1S/C16H21F3N2O2.2ClH/c1-3-4-14(21-9-7-20-8-10-21)13-11-12(23-16(17,18)19)5-6-15(13)22-2;;/h3,5-6,11,14,20H,1,4,7-10H2,2H3;2*1H/t14-;;/m1../s1. The van der Waals surface area contributed by atoms with Crippen molar-refractivity contribution in [2.24, 2.45) is 0 Å². The molecule has 1 N–H and O–H groups in total. The summed E-state index contributed by atoms with van der Waals surface area (Å²) in [5, 5.41) is 3.26. The van der Waals surface area contributed by atoms with Crippen molar-refractivity contribution in [3.8, 4) is 11.5 Å². The summed E-state index contributed by atoms with van der Waals surface area (Å²) in [4.78, 5) is 2.22. The number of rotatable bonds is 6. The van der Waals surface area contributed by atoms with Crippen molar-refractivity contribution in [1.29, 1.82) is 0 Å². The molecule has 1 aliphatic heterocycles. The minimum atomic E-state index is -4.71. The van der Waals surface area contributed by atoms with Gasteiger partial charge in [-0.05, 0) is 24.6 Å². The van der Waals surface area contributed by atoms with Crippen LogP contribution < -0.4 is 14.8 Å². The minimum absolute atomic E-state index is 0. The van der Waals surface area contributed by atoms with Crippen LogP contribution in [0.15, 0.2) is 30.9 Å². The fraction of sp³-hybridized carbons (Fsp3) is 0.500. The molecule has 0 saturated carbocycles. The van der Waals surface area contributed by atoms with E-state index in [2.05, 4.69) is 21.5 Å². The van der Waals surface area contributed by atoms with E-state index in [-0.39, 0.29) is 36.6 Å². The SMILES string of the molecule is C=CC[C@H](c1cc(OC(F)(F)F)ccc1OC)N1CCNCC1.Cl.Cl. The molecule has 1 fully saturated rings. The summed E-state index contributed by atoms with van der Waals surface area (Å²) < 4.78 is 46.8. The van der Waals surface area contributed by atoms with E-state index in [1.54, 1.807) is 6.08 Å². The van der Waals surface area contributed by atoms with Crippen molar-refractivity contribution in [2.75, 3.05) is 33.3 Å². The summed E-state index contributed by atoms with van der Waals surface area (Å²) in [5.74, 6) is 0.308. The molecule has 1 aliphatic rings. The monoisotopic (exact) mass is 402 g/mol. The van der Waals surface area contributed by atoms with Gasteiger partial charge in [0.15, 0.2) is 0 Å².